The van der Waals surface area contributed by atoms with Crippen LogP contribution >= 0.6 is 0 Å². The fraction of sp³-hybridized carbons (Fsp3) is 0.250. The second kappa shape index (κ2) is 7.20. The topological polar surface area (TPSA) is 82.3 Å². The molecule has 0 aliphatic rings. The molecule has 3 rings (SSSR count). The number of sulfonamides is 1. The number of hydrogen-bond donors (Lipinski definition) is 1. The van der Waals surface area contributed by atoms with Crippen molar-refractivity contribution in [2.45, 2.75) is 25.7 Å². The highest BCUT2D eigenvalue weighted by Crippen LogP contribution is 2.27. The van der Waals surface area contributed by atoms with Crippen LogP contribution in [0.4, 0.5) is 5.69 Å². The molecule has 0 amide bonds. The summed E-state index contributed by atoms with van der Waals surface area (Å²) >= 11 is 0. The van der Waals surface area contributed by atoms with E-state index < -0.39 is 15.6 Å². The monoisotopic (exact) mass is 401 g/mol. The van der Waals surface area contributed by atoms with Crippen molar-refractivity contribution in [3.05, 3.63) is 69.6 Å². The normalized spacial score (nSPS) is 11.5. The number of anilines is 1. The molecule has 1 aromatic heterocycles. The first-order valence-electron chi connectivity index (χ1n) is 8.69. The second-order valence-corrected chi connectivity index (χ2v) is 8.28. The summed E-state index contributed by atoms with van der Waals surface area (Å²) in [6, 6.07) is 12.3. The lowest BCUT2D eigenvalue weighted by molar-refractivity contribution is 0.410. The van der Waals surface area contributed by atoms with Crippen LogP contribution < -0.4 is 15.0 Å². The molecule has 28 heavy (non-hydrogen) atoms. The van der Waals surface area contributed by atoms with Gasteiger partial charge < -0.3 is 4.74 Å². The lowest BCUT2D eigenvalue weighted by atomic mass is 10.1. The number of benzene rings is 2. The molecule has 0 fully saturated rings. The third-order valence-corrected chi connectivity index (χ3v) is 6.26. The minimum Gasteiger partial charge on any atom is -0.496 e. The number of aromatic nitrogens is 2. The van der Waals surface area contributed by atoms with Crippen LogP contribution in [0, 0.1) is 20.8 Å². The number of para-hydroxylation sites is 1. The Morgan fingerprint density at radius 1 is 1.00 bits per heavy atom. The average molecular weight is 401 g/mol. The number of nitrogens with one attached hydrogen (secondary N) is 1. The van der Waals surface area contributed by atoms with Crippen molar-refractivity contribution in [2.75, 3.05) is 11.8 Å². The molecular weight excluding hydrogens is 378 g/mol. The zero-order chi connectivity index (χ0) is 20.6. The molecule has 7 nitrogen and oxygen atoms in total. The molecular formula is C20H23N3O4S. The van der Waals surface area contributed by atoms with Crippen molar-refractivity contribution in [1.82, 2.24) is 9.36 Å². The van der Waals surface area contributed by atoms with Gasteiger partial charge in [0, 0.05) is 13.1 Å². The number of nitrogens with zero attached hydrogens (tertiary/aromatic N) is 2. The lowest BCUT2D eigenvalue weighted by Gasteiger charge is -2.13. The Morgan fingerprint density at radius 3 is 2.25 bits per heavy atom. The van der Waals surface area contributed by atoms with Crippen LogP contribution in [-0.2, 0) is 17.1 Å². The number of aryl methyl sites for hydroxylation is 2. The summed E-state index contributed by atoms with van der Waals surface area (Å²) in [5, 5.41) is 0. The van der Waals surface area contributed by atoms with E-state index in [9.17, 15) is 13.2 Å². The molecule has 0 aliphatic carbocycles. The smallest absolute Gasteiger partial charge is 0.296 e. The zero-order valence-corrected chi connectivity index (χ0v) is 17.3. The summed E-state index contributed by atoms with van der Waals surface area (Å²) in [6.07, 6.45) is 0. The van der Waals surface area contributed by atoms with Gasteiger partial charge in [0.15, 0.2) is 0 Å². The minimum absolute atomic E-state index is 0.0188. The quantitative estimate of drug-likeness (QED) is 0.713. The maximum absolute atomic E-state index is 13.0. The van der Waals surface area contributed by atoms with E-state index in [1.807, 2.05) is 25.1 Å². The van der Waals surface area contributed by atoms with Crippen LogP contribution in [0.1, 0.15) is 16.8 Å². The largest absolute Gasteiger partial charge is 0.496 e. The Labute approximate surface area is 164 Å². The van der Waals surface area contributed by atoms with Crippen molar-refractivity contribution in [2.24, 2.45) is 7.05 Å². The van der Waals surface area contributed by atoms with Crippen LogP contribution in [0.15, 0.2) is 52.2 Å². The van der Waals surface area contributed by atoms with Gasteiger partial charge in [-0.15, -0.1) is 0 Å². The van der Waals surface area contributed by atoms with Crippen LogP contribution in [0.5, 0.6) is 5.75 Å². The lowest BCUT2D eigenvalue weighted by Crippen LogP contribution is -2.23. The highest BCUT2D eigenvalue weighted by molar-refractivity contribution is 7.92. The number of ether oxygens (including phenoxy) is 1. The molecule has 0 bridgehead atoms. The van der Waals surface area contributed by atoms with Crippen LogP contribution in [-0.4, -0.2) is 24.9 Å². The van der Waals surface area contributed by atoms with Crippen LogP contribution in [0.3, 0.4) is 0 Å². The van der Waals surface area contributed by atoms with E-state index in [0.717, 1.165) is 5.56 Å². The molecule has 0 unspecified atom stereocenters. The molecule has 1 N–H and O–H groups in total. The Kier molecular flexibility index (Phi) is 5.08. The summed E-state index contributed by atoms with van der Waals surface area (Å²) in [6.45, 7) is 5.25. The fourth-order valence-electron chi connectivity index (χ4n) is 3.20. The van der Waals surface area contributed by atoms with Gasteiger partial charge in [0.2, 0.25) is 0 Å². The van der Waals surface area contributed by atoms with E-state index in [1.54, 1.807) is 43.8 Å². The van der Waals surface area contributed by atoms with Gasteiger partial charge in [-0.1, -0.05) is 24.3 Å². The Morgan fingerprint density at radius 2 is 1.64 bits per heavy atom. The van der Waals surface area contributed by atoms with Gasteiger partial charge >= 0.3 is 0 Å². The maximum atomic E-state index is 13.0. The first-order valence-corrected chi connectivity index (χ1v) is 10.2. The van der Waals surface area contributed by atoms with E-state index in [0.29, 0.717) is 22.7 Å². The molecule has 1 heterocycles. The van der Waals surface area contributed by atoms with Gasteiger partial charge in [0.05, 0.1) is 23.4 Å². The number of hydrogen-bond acceptors (Lipinski definition) is 4. The van der Waals surface area contributed by atoms with E-state index in [-0.39, 0.29) is 10.6 Å². The van der Waals surface area contributed by atoms with Gasteiger partial charge in [-0.2, -0.15) is 0 Å². The molecule has 2 aromatic carbocycles. The van der Waals surface area contributed by atoms with Crippen molar-refractivity contribution < 1.29 is 13.2 Å². The minimum atomic E-state index is -3.98. The Bertz CT molecular complexity index is 1190. The SMILES string of the molecule is COc1cc(S(=O)(=O)Nc2c(C)n(C)n(-c3ccccc3)c2=O)c(C)cc1C. The predicted molar refractivity (Wildman–Crippen MR) is 109 cm³/mol. The van der Waals surface area contributed by atoms with Gasteiger partial charge in [-0.25, -0.2) is 13.1 Å². The Balaban J connectivity index is 2.11. The van der Waals surface area contributed by atoms with Gasteiger partial charge in [-0.05, 0) is 44.0 Å². The van der Waals surface area contributed by atoms with E-state index >= 15 is 0 Å². The Hall–Kier alpha value is -3.00. The summed E-state index contributed by atoms with van der Waals surface area (Å²) in [5.41, 5.74) is 2.15. The van der Waals surface area contributed by atoms with E-state index in [2.05, 4.69) is 4.72 Å². The van der Waals surface area contributed by atoms with Crippen molar-refractivity contribution in [3.8, 4) is 11.4 Å². The molecule has 0 radical (unpaired) electrons. The fourth-order valence-corrected chi connectivity index (χ4v) is 4.56. The van der Waals surface area contributed by atoms with Gasteiger partial charge in [0.1, 0.15) is 11.4 Å². The van der Waals surface area contributed by atoms with Gasteiger partial charge in [-0.3, -0.25) is 14.2 Å². The average Bonchev–Trinajstić information content (AvgIpc) is 2.85. The standard InChI is InChI=1S/C20H23N3O4S/c1-13-11-14(2)18(12-17(13)27-5)28(25,26)21-19-15(3)22(4)23(20(19)24)16-9-7-6-8-10-16/h6-12,21H,1-5H3. The molecule has 148 valence electrons. The number of methoxy groups -OCH3 is 1. The van der Waals surface area contributed by atoms with Crippen molar-refractivity contribution in [3.63, 3.8) is 0 Å². The van der Waals surface area contributed by atoms with Crippen molar-refractivity contribution in [1.29, 1.82) is 0 Å². The first kappa shape index (κ1) is 19.8. The third-order valence-electron chi connectivity index (χ3n) is 4.77. The summed E-state index contributed by atoms with van der Waals surface area (Å²) < 4.78 is 36.9. The summed E-state index contributed by atoms with van der Waals surface area (Å²) in [7, 11) is -0.783. The number of rotatable bonds is 5. The van der Waals surface area contributed by atoms with Gasteiger partial charge in [0.25, 0.3) is 15.6 Å². The highest BCUT2D eigenvalue weighted by Gasteiger charge is 2.24. The van der Waals surface area contributed by atoms with Crippen LogP contribution in [0.2, 0.25) is 0 Å². The zero-order valence-electron chi connectivity index (χ0n) is 16.5. The maximum Gasteiger partial charge on any atom is 0.296 e. The van der Waals surface area contributed by atoms with Crippen LogP contribution in [0.25, 0.3) is 5.69 Å². The molecule has 0 aliphatic heterocycles. The third kappa shape index (κ3) is 3.31. The molecule has 0 saturated heterocycles. The van der Waals surface area contributed by atoms with E-state index in [4.69, 9.17) is 4.74 Å². The molecule has 8 heteroatoms. The summed E-state index contributed by atoms with van der Waals surface area (Å²) in [5.74, 6) is 0.470. The predicted octanol–water partition coefficient (Wildman–Crippen LogP) is 2.91. The second-order valence-electron chi connectivity index (χ2n) is 6.63. The van der Waals surface area contributed by atoms with E-state index in [1.165, 1.54) is 17.9 Å². The highest BCUT2D eigenvalue weighted by atomic mass is 32.2. The summed E-state index contributed by atoms with van der Waals surface area (Å²) in [4.78, 5) is 13.0. The molecule has 0 spiro atoms. The first-order chi connectivity index (χ1) is 13.2. The molecule has 3 aromatic rings. The molecule has 0 atom stereocenters. The molecule has 0 saturated carbocycles. The van der Waals surface area contributed by atoms with Crippen molar-refractivity contribution >= 4 is 15.7 Å².